The summed E-state index contributed by atoms with van der Waals surface area (Å²) in [6.45, 7) is 3.39. The van der Waals surface area contributed by atoms with E-state index in [1.54, 1.807) is 13.3 Å². The molecular weight excluding hydrogens is 210 g/mol. The van der Waals surface area contributed by atoms with Crippen LogP contribution in [0.1, 0.15) is 36.9 Å². The number of rotatable bonds is 2. The smallest absolute Gasteiger partial charge is 0.0406 e. The number of nitrogens with one attached hydrogen (secondary N) is 1. The molecule has 1 heterocycles. The summed E-state index contributed by atoms with van der Waals surface area (Å²) >= 11 is 0. The fourth-order valence-electron chi connectivity index (χ4n) is 2.35. The minimum atomic E-state index is 0.459. The van der Waals surface area contributed by atoms with Crippen LogP contribution in [-0.2, 0) is 0 Å². The predicted molar refractivity (Wildman–Crippen MR) is 73.5 cm³/mol. The van der Waals surface area contributed by atoms with E-state index < -0.39 is 0 Å². The molecule has 1 unspecified atom stereocenters. The van der Waals surface area contributed by atoms with Crippen molar-refractivity contribution in [3.8, 4) is 0 Å². The molecule has 0 radical (unpaired) electrons. The average molecular weight is 231 g/mol. The first-order valence-electron chi connectivity index (χ1n) is 6.25. The Balaban J connectivity index is 2.14. The van der Waals surface area contributed by atoms with Crippen molar-refractivity contribution in [2.24, 2.45) is 10.9 Å². The Morgan fingerprint density at radius 3 is 2.82 bits per heavy atom. The van der Waals surface area contributed by atoms with Gasteiger partial charge in [0.05, 0.1) is 0 Å². The van der Waals surface area contributed by atoms with Gasteiger partial charge < -0.3 is 11.1 Å². The number of hydrogen-bond donors (Lipinski definition) is 2. The van der Waals surface area contributed by atoms with E-state index in [9.17, 15) is 0 Å². The molecule has 92 valence electrons. The SMILES string of the molecule is CN=Cc1ccc([C@H]2CCC(C)CN2)cc1N. The molecule has 0 aromatic heterocycles. The van der Waals surface area contributed by atoms with Crippen LogP contribution >= 0.6 is 0 Å². The second-order valence-corrected chi connectivity index (χ2v) is 4.92. The largest absolute Gasteiger partial charge is 0.398 e. The van der Waals surface area contributed by atoms with Crippen LogP contribution < -0.4 is 11.1 Å². The van der Waals surface area contributed by atoms with Gasteiger partial charge in [0.1, 0.15) is 0 Å². The first kappa shape index (κ1) is 12.1. The van der Waals surface area contributed by atoms with Crippen molar-refractivity contribution >= 4 is 11.9 Å². The summed E-state index contributed by atoms with van der Waals surface area (Å²) in [7, 11) is 1.76. The molecular formula is C14H21N3. The molecule has 2 rings (SSSR count). The van der Waals surface area contributed by atoms with Crippen LogP contribution in [0.4, 0.5) is 5.69 Å². The molecule has 17 heavy (non-hydrogen) atoms. The van der Waals surface area contributed by atoms with Gasteiger partial charge in [-0.25, -0.2) is 0 Å². The number of hydrogen-bond acceptors (Lipinski definition) is 3. The molecule has 3 heteroatoms. The van der Waals surface area contributed by atoms with Crippen molar-refractivity contribution in [3.63, 3.8) is 0 Å². The first-order valence-corrected chi connectivity index (χ1v) is 6.25. The fraction of sp³-hybridized carbons (Fsp3) is 0.500. The minimum Gasteiger partial charge on any atom is -0.398 e. The van der Waals surface area contributed by atoms with Gasteiger partial charge in [-0.1, -0.05) is 19.1 Å². The minimum absolute atomic E-state index is 0.459. The quantitative estimate of drug-likeness (QED) is 0.606. The highest BCUT2D eigenvalue weighted by Crippen LogP contribution is 2.27. The average Bonchev–Trinajstić information content (AvgIpc) is 2.33. The van der Waals surface area contributed by atoms with Crippen LogP contribution in [0.15, 0.2) is 23.2 Å². The third kappa shape index (κ3) is 2.86. The van der Waals surface area contributed by atoms with Crippen molar-refractivity contribution < 1.29 is 0 Å². The molecule has 0 bridgehead atoms. The van der Waals surface area contributed by atoms with Crippen molar-refractivity contribution in [2.45, 2.75) is 25.8 Å². The highest BCUT2D eigenvalue weighted by Gasteiger charge is 2.19. The van der Waals surface area contributed by atoms with E-state index in [2.05, 4.69) is 35.4 Å². The lowest BCUT2D eigenvalue weighted by Crippen LogP contribution is -2.31. The van der Waals surface area contributed by atoms with Gasteiger partial charge in [0, 0.05) is 30.6 Å². The van der Waals surface area contributed by atoms with Crippen LogP contribution in [0.25, 0.3) is 0 Å². The van der Waals surface area contributed by atoms with Crippen LogP contribution in [-0.4, -0.2) is 19.8 Å². The molecule has 0 spiro atoms. The van der Waals surface area contributed by atoms with Crippen molar-refractivity contribution in [3.05, 3.63) is 29.3 Å². The number of nitrogens with two attached hydrogens (primary N) is 1. The van der Waals surface area contributed by atoms with E-state index in [1.807, 2.05) is 0 Å². The van der Waals surface area contributed by atoms with Crippen LogP contribution in [0.5, 0.6) is 0 Å². The number of aliphatic imine (C=N–C) groups is 1. The summed E-state index contributed by atoms with van der Waals surface area (Å²) in [4.78, 5) is 4.00. The highest BCUT2D eigenvalue weighted by atomic mass is 14.9. The predicted octanol–water partition coefficient (Wildman–Crippen LogP) is 2.38. The maximum atomic E-state index is 6.02. The number of nitrogen functional groups attached to an aromatic ring is 1. The van der Waals surface area contributed by atoms with E-state index >= 15 is 0 Å². The molecule has 1 aromatic carbocycles. The third-order valence-electron chi connectivity index (χ3n) is 3.44. The van der Waals surface area contributed by atoms with Crippen LogP contribution in [0.3, 0.4) is 0 Å². The molecule has 1 aliphatic rings. The zero-order valence-electron chi connectivity index (χ0n) is 10.6. The standard InChI is InChI=1S/C14H21N3/c1-10-3-6-14(17-8-10)11-4-5-12(9-16-2)13(15)7-11/h4-5,7,9-10,14,17H,3,6,8,15H2,1-2H3/t10?,14-/m1/s1. The van der Waals surface area contributed by atoms with E-state index in [0.29, 0.717) is 6.04 Å². The van der Waals surface area contributed by atoms with Gasteiger partial charge in [0.15, 0.2) is 0 Å². The normalized spacial score (nSPS) is 25.3. The number of nitrogens with zero attached hydrogens (tertiary/aromatic N) is 1. The number of benzene rings is 1. The Hall–Kier alpha value is -1.35. The molecule has 1 fully saturated rings. The van der Waals surface area contributed by atoms with Crippen LogP contribution in [0.2, 0.25) is 0 Å². The maximum absolute atomic E-state index is 6.02. The molecule has 2 atom stereocenters. The molecule has 0 amide bonds. The monoisotopic (exact) mass is 231 g/mol. The highest BCUT2D eigenvalue weighted by molar-refractivity contribution is 5.86. The van der Waals surface area contributed by atoms with Gasteiger partial charge in [-0.05, 0) is 36.9 Å². The van der Waals surface area contributed by atoms with Crippen molar-refractivity contribution in [2.75, 3.05) is 19.3 Å². The van der Waals surface area contributed by atoms with Gasteiger partial charge in [-0.3, -0.25) is 4.99 Å². The fourth-order valence-corrected chi connectivity index (χ4v) is 2.35. The molecule has 3 nitrogen and oxygen atoms in total. The van der Waals surface area contributed by atoms with Crippen molar-refractivity contribution in [1.82, 2.24) is 5.32 Å². The Labute approximate surface area is 103 Å². The lowest BCUT2D eigenvalue weighted by Gasteiger charge is -2.28. The Morgan fingerprint density at radius 2 is 2.24 bits per heavy atom. The Kier molecular flexibility index (Phi) is 3.79. The lowest BCUT2D eigenvalue weighted by atomic mass is 9.91. The van der Waals surface area contributed by atoms with E-state index in [-0.39, 0.29) is 0 Å². The summed E-state index contributed by atoms with van der Waals surface area (Å²) < 4.78 is 0. The van der Waals surface area contributed by atoms with E-state index in [4.69, 9.17) is 5.73 Å². The molecule has 0 saturated carbocycles. The number of anilines is 1. The zero-order chi connectivity index (χ0) is 12.3. The molecule has 1 aromatic rings. The first-order chi connectivity index (χ1) is 8.20. The molecule has 1 aliphatic heterocycles. The van der Waals surface area contributed by atoms with E-state index in [1.165, 1.54) is 18.4 Å². The van der Waals surface area contributed by atoms with Gasteiger partial charge in [0.25, 0.3) is 0 Å². The van der Waals surface area contributed by atoms with E-state index in [0.717, 1.165) is 23.7 Å². The van der Waals surface area contributed by atoms with Crippen molar-refractivity contribution in [1.29, 1.82) is 0 Å². The van der Waals surface area contributed by atoms with Gasteiger partial charge in [-0.15, -0.1) is 0 Å². The van der Waals surface area contributed by atoms with Gasteiger partial charge >= 0.3 is 0 Å². The number of piperidine rings is 1. The Bertz CT molecular complexity index is 404. The maximum Gasteiger partial charge on any atom is 0.0406 e. The van der Waals surface area contributed by atoms with Crippen LogP contribution in [0, 0.1) is 5.92 Å². The lowest BCUT2D eigenvalue weighted by molar-refractivity contribution is 0.333. The summed E-state index contributed by atoms with van der Waals surface area (Å²) in [6.07, 6.45) is 4.28. The summed E-state index contributed by atoms with van der Waals surface area (Å²) in [5.74, 6) is 0.787. The second kappa shape index (κ2) is 5.32. The molecule has 0 aliphatic carbocycles. The van der Waals surface area contributed by atoms with Gasteiger partial charge in [-0.2, -0.15) is 0 Å². The van der Waals surface area contributed by atoms with Gasteiger partial charge in [0.2, 0.25) is 0 Å². The third-order valence-corrected chi connectivity index (χ3v) is 3.44. The summed E-state index contributed by atoms with van der Waals surface area (Å²) in [6, 6.07) is 6.74. The molecule has 1 saturated heterocycles. The second-order valence-electron chi connectivity index (χ2n) is 4.92. The summed E-state index contributed by atoms with van der Waals surface area (Å²) in [5.41, 5.74) is 9.13. The Morgan fingerprint density at radius 1 is 1.41 bits per heavy atom. The summed E-state index contributed by atoms with van der Waals surface area (Å²) in [5, 5.41) is 3.57. The molecule has 3 N–H and O–H groups in total. The topological polar surface area (TPSA) is 50.4 Å². The zero-order valence-corrected chi connectivity index (χ0v) is 10.6.